The molecule has 2 rings (SSSR count). The largest absolute Gasteiger partial charge is 0.352 e. The van der Waals surface area contributed by atoms with E-state index in [0.29, 0.717) is 6.54 Å². The van der Waals surface area contributed by atoms with Gasteiger partial charge in [-0.05, 0) is 12.5 Å². The summed E-state index contributed by atoms with van der Waals surface area (Å²) in [5.74, 6) is 0.338. The van der Waals surface area contributed by atoms with Gasteiger partial charge in [-0.1, -0.05) is 29.8 Å². The summed E-state index contributed by atoms with van der Waals surface area (Å²) in [6.45, 7) is 4.33. The van der Waals surface area contributed by atoms with Crippen molar-refractivity contribution in [3.8, 4) is 0 Å². The smallest absolute Gasteiger partial charge is 0.225 e. The van der Waals surface area contributed by atoms with E-state index in [9.17, 15) is 4.79 Å². The van der Waals surface area contributed by atoms with Crippen LogP contribution in [0.15, 0.2) is 24.3 Å². The summed E-state index contributed by atoms with van der Waals surface area (Å²) in [7, 11) is 0. The summed E-state index contributed by atoms with van der Waals surface area (Å²) < 4.78 is 0. The Morgan fingerprint density at radius 3 is 2.50 bits per heavy atom. The minimum atomic E-state index is 0. The van der Waals surface area contributed by atoms with E-state index >= 15 is 0 Å². The zero-order valence-electron chi connectivity index (χ0n) is 9.32. The monoisotopic (exact) mass is 240 g/mol. The van der Waals surface area contributed by atoms with E-state index in [0.717, 1.165) is 18.7 Å². The number of nitrogens with one attached hydrogen (secondary N) is 2. The Hall–Kier alpha value is -1.06. The molecule has 16 heavy (non-hydrogen) atoms. The maximum Gasteiger partial charge on any atom is 0.225 e. The molecule has 1 aromatic rings. The van der Waals surface area contributed by atoms with Gasteiger partial charge in [-0.25, -0.2) is 0 Å². The van der Waals surface area contributed by atoms with Gasteiger partial charge >= 0.3 is 0 Å². The first kappa shape index (κ1) is 13.0. The van der Waals surface area contributed by atoms with Gasteiger partial charge in [0.2, 0.25) is 5.91 Å². The fourth-order valence-electron chi connectivity index (χ4n) is 1.51. The summed E-state index contributed by atoms with van der Waals surface area (Å²) in [5.41, 5.74) is 2.40. The number of aryl methyl sites for hydroxylation is 1. The maximum absolute atomic E-state index is 11.5. The van der Waals surface area contributed by atoms with Gasteiger partial charge in [-0.3, -0.25) is 4.79 Å². The first-order chi connectivity index (χ1) is 7.25. The van der Waals surface area contributed by atoms with Crippen LogP contribution in [-0.4, -0.2) is 19.0 Å². The highest BCUT2D eigenvalue weighted by Crippen LogP contribution is 2.05. The van der Waals surface area contributed by atoms with Gasteiger partial charge in [-0.2, -0.15) is 0 Å². The Morgan fingerprint density at radius 2 is 2.00 bits per heavy atom. The van der Waals surface area contributed by atoms with Gasteiger partial charge in [0.15, 0.2) is 0 Å². The van der Waals surface area contributed by atoms with Crippen molar-refractivity contribution in [2.75, 3.05) is 13.1 Å². The molecule has 88 valence electrons. The van der Waals surface area contributed by atoms with Gasteiger partial charge in [0.1, 0.15) is 0 Å². The number of amides is 1. The fraction of sp³-hybridized carbons (Fsp3) is 0.417. The third kappa shape index (κ3) is 3.22. The molecule has 1 aromatic carbocycles. The molecule has 0 spiro atoms. The highest BCUT2D eigenvalue weighted by Gasteiger charge is 2.24. The van der Waals surface area contributed by atoms with Crippen LogP contribution in [0.5, 0.6) is 0 Å². The second-order valence-corrected chi connectivity index (χ2v) is 4.06. The van der Waals surface area contributed by atoms with Crippen molar-refractivity contribution in [3.63, 3.8) is 0 Å². The number of rotatable bonds is 3. The quantitative estimate of drug-likeness (QED) is 0.835. The summed E-state index contributed by atoms with van der Waals surface area (Å²) in [5, 5.41) is 6.03. The van der Waals surface area contributed by atoms with Crippen molar-refractivity contribution in [1.29, 1.82) is 0 Å². The Bertz CT molecular complexity index is 347. The highest BCUT2D eigenvalue weighted by molar-refractivity contribution is 5.85. The zero-order chi connectivity index (χ0) is 10.7. The lowest BCUT2D eigenvalue weighted by Gasteiger charge is -2.25. The van der Waals surface area contributed by atoms with E-state index in [1.54, 1.807) is 0 Å². The lowest BCUT2D eigenvalue weighted by atomic mass is 10.0. The van der Waals surface area contributed by atoms with Crippen molar-refractivity contribution in [2.45, 2.75) is 13.5 Å². The van der Waals surface area contributed by atoms with Crippen LogP contribution in [0.25, 0.3) is 0 Å². The average Bonchev–Trinajstić information content (AvgIpc) is 2.14. The van der Waals surface area contributed by atoms with Crippen molar-refractivity contribution < 1.29 is 4.79 Å². The van der Waals surface area contributed by atoms with Crippen LogP contribution in [0, 0.1) is 12.8 Å². The van der Waals surface area contributed by atoms with E-state index < -0.39 is 0 Å². The number of hydrogen-bond donors (Lipinski definition) is 2. The van der Waals surface area contributed by atoms with Gasteiger partial charge in [0, 0.05) is 19.6 Å². The van der Waals surface area contributed by atoms with Crippen molar-refractivity contribution >= 4 is 18.3 Å². The predicted molar refractivity (Wildman–Crippen MR) is 66.6 cm³/mol. The Balaban J connectivity index is 0.00000128. The lowest BCUT2D eigenvalue weighted by molar-refractivity contribution is -0.126. The number of carbonyl (C=O) groups is 1. The van der Waals surface area contributed by atoms with Gasteiger partial charge in [0.25, 0.3) is 0 Å². The molecule has 1 aliphatic heterocycles. The van der Waals surface area contributed by atoms with Crippen LogP contribution in [0.4, 0.5) is 0 Å². The van der Waals surface area contributed by atoms with Crippen molar-refractivity contribution in [1.82, 2.24) is 10.6 Å². The number of hydrogen-bond acceptors (Lipinski definition) is 2. The molecule has 1 aliphatic rings. The summed E-state index contributed by atoms with van der Waals surface area (Å²) in [6.07, 6.45) is 0. The topological polar surface area (TPSA) is 41.1 Å². The molecule has 0 saturated carbocycles. The summed E-state index contributed by atoms with van der Waals surface area (Å²) >= 11 is 0. The van der Waals surface area contributed by atoms with E-state index in [1.807, 2.05) is 0 Å². The normalized spacial score (nSPS) is 14.8. The molecule has 0 aromatic heterocycles. The molecule has 0 radical (unpaired) electrons. The molecule has 1 heterocycles. The second-order valence-electron chi connectivity index (χ2n) is 4.06. The molecule has 4 heteroatoms. The zero-order valence-corrected chi connectivity index (χ0v) is 10.1. The Kier molecular flexibility index (Phi) is 4.77. The molecule has 0 aliphatic carbocycles. The molecule has 2 N–H and O–H groups in total. The van der Waals surface area contributed by atoms with Gasteiger partial charge in [-0.15, -0.1) is 12.4 Å². The Morgan fingerprint density at radius 1 is 1.38 bits per heavy atom. The Labute approximate surface area is 102 Å². The van der Waals surface area contributed by atoms with Crippen LogP contribution < -0.4 is 10.6 Å². The first-order valence-corrected chi connectivity index (χ1v) is 5.29. The van der Waals surface area contributed by atoms with Crippen molar-refractivity contribution in [2.24, 2.45) is 5.92 Å². The van der Waals surface area contributed by atoms with E-state index in [4.69, 9.17) is 0 Å². The molecule has 1 fully saturated rings. The van der Waals surface area contributed by atoms with Crippen LogP contribution in [0.3, 0.4) is 0 Å². The molecular weight excluding hydrogens is 224 g/mol. The molecule has 1 amide bonds. The molecule has 0 unspecified atom stereocenters. The average molecular weight is 241 g/mol. The van der Waals surface area contributed by atoms with Crippen LogP contribution in [0.2, 0.25) is 0 Å². The maximum atomic E-state index is 11.5. The molecule has 3 nitrogen and oxygen atoms in total. The summed E-state index contributed by atoms with van der Waals surface area (Å²) in [4.78, 5) is 11.5. The SMILES string of the molecule is Cc1ccc(CNC(=O)C2CNC2)cc1.Cl. The number of halogens is 1. The van der Waals surface area contributed by atoms with E-state index in [1.165, 1.54) is 5.56 Å². The molecule has 0 bridgehead atoms. The minimum absolute atomic E-state index is 0. The highest BCUT2D eigenvalue weighted by atomic mass is 35.5. The first-order valence-electron chi connectivity index (χ1n) is 5.29. The third-order valence-corrected chi connectivity index (χ3v) is 2.74. The molecule has 0 atom stereocenters. The number of benzene rings is 1. The summed E-state index contributed by atoms with van der Waals surface area (Å²) in [6, 6.07) is 8.22. The van der Waals surface area contributed by atoms with E-state index in [2.05, 4.69) is 41.8 Å². The van der Waals surface area contributed by atoms with Crippen LogP contribution in [0.1, 0.15) is 11.1 Å². The lowest BCUT2D eigenvalue weighted by Crippen LogP contribution is -2.50. The van der Waals surface area contributed by atoms with Crippen molar-refractivity contribution in [3.05, 3.63) is 35.4 Å². The molecular formula is C12H17ClN2O. The van der Waals surface area contributed by atoms with E-state index in [-0.39, 0.29) is 24.2 Å². The molecule has 1 saturated heterocycles. The fourth-order valence-corrected chi connectivity index (χ4v) is 1.51. The van der Waals surface area contributed by atoms with Crippen LogP contribution in [-0.2, 0) is 11.3 Å². The standard InChI is InChI=1S/C12H16N2O.ClH/c1-9-2-4-10(5-3-9)6-14-12(15)11-7-13-8-11;/h2-5,11,13H,6-8H2,1H3,(H,14,15);1H. The predicted octanol–water partition coefficient (Wildman–Crippen LogP) is 1.25. The third-order valence-electron chi connectivity index (χ3n) is 2.74. The second kappa shape index (κ2) is 5.87. The number of carbonyl (C=O) groups excluding carboxylic acids is 1. The van der Waals surface area contributed by atoms with Gasteiger partial charge < -0.3 is 10.6 Å². The van der Waals surface area contributed by atoms with Gasteiger partial charge in [0.05, 0.1) is 5.92 Å². The minimum Gasteiger partial charge on any atom is -0.352 e. The van der Waals surface area contributed by atoms with Crippen LogP contribution >= 0.6 is 12.4 Å².